The van der Waals surface area contributed by atoms with Crippen LogP contribution in [0, 0.1) is 18.3 Å². The van der Waals surface area contributed by atoms with Crippen LogP contribution in [0.3, 0.4) is 0 Å². The number of hydrogen-bond acceptors (Lipinski definition) is 5. The Labute approximate surface area is 125 Å². The topological polar surface area (TPSA) is 78.7 Å². The number of aryl methyl sites for hydroxylation is 1. The zero-order chi connectivity index (χ0) is 14.5. The van der Waals surface area contributed by atoms with Crippen molar-refractivity contribution >= 4 is 34.0 Å². The molecule has 0 aliphatic carbocycles. The van der Waals surface area contributed by atoms with Gasteiger partial charge in [0.1, 0.15) is 10.4 Å². The number of aromatic nitrogens is 2. The van der Waals surface area contributed by atoms with Gasteiger partial charge in [-0.2, -0.15) is 5.26 Å². The SMILES string of the molecule is Cc1nnc(NC(=O)c2ccccc2CC(Cl)C#N)s1. The maximum Gasteiger partial charge on any atom is 0.257 e. The van der Waals surface area contributed by atoms with E-state index in [0.717, 1.165) is 10.6 Å². The van der Waals surface area contributed by atoms with E-state index >= 15 is 0 Å². The average molecular weight is 307 g/mol. The number of nitrogens with one attached hydrogen (secondary N) is 1. The maximum atomic E-state index is 12.2. The molecule has 0 saturated carbocycles. The summed E-state index contributed by atoms with van der Waals surface area (Å²) in [5.41, 5.74) is 1.22. The van der Waals surface area contributed by atoms with Crippen LogP contribution in [0.1, 0.15) is 20.9 Å². The molecule has 0 aliphatic heterocycles. The third kappa shape index (κ3) is 3.53. The lowest BCUT2D eigenvalue weighted by Gasteiger charge is -2.08. The zero-order valence-corrected chi connectivity index (χ0v) is 12.2. The van der Waals surface area contributed by atoms with Crippen molar-refractivity contribution in [3.8, 4) is 6.07 Å². The van der Waals surface area contributed by atoms with Crippen molar-refractivity contribution in [2.75, 3.05) is 5.32 Å². The van der Waals surface area contributed by atoms with E-state index in [-0.39, 0.29) is 5.91 Å². The second kappa shape index (κ2) is 6.46. The minimum atomic E-state index is -0.660. The first-order valence-corrected chi connectivity index (χ1v) is 7.08. The summed E-state index contributed by atoms with van der Waals surface area (Å²) in [6.07, 6.45) is 0.316. The van der Waals surface area contributed by atoms with Crippen molar-refractivity contribution in [3.63, 3.8) is 0 Å². The molecule has 7 heteroatoms. The Kier molecular flexibility index (Phi) is 4.66. The van der Waals surface area contributed by atoms with E-state index in [2.05, 4.69) is 15.5 Å². The van der Waals surface area contributed by atoms with Crippen LogP contribution in [0.4, 0.5) is 5.13 Å². The number of benzene rings is 1. The van der Waals surface area contributed by atoms with Crippen molar-refractivity contribution in [1.82, 2.24) is 10.2 Å². The van der Waals surface area contributed by atoms with Gasteiger partial charge in [0.15, 0.2) is 0 Å². The molecule has 20 heavy (non-hydrogen) atoms. The first kappa shape index (κ1) is 14.4. The smallest absolute Gasteiger partial charge is 0.257 e. The molecule has 5 nitrogen and oxygen atoms in total. The van der Waals surface area contributed by atoms with Crippen LogP contribution in [0.15, 0.2) is 24.3 Å². The van der Waals surface area contributed by atoms with E-state index in [1.807, 2.05) is 19.1 Å². The molecule has 0 bridgehead atoms. The minimum absolute atomic E-state index is 0.279. The number of nitriles is 1. The molecule has 2 aromatic rings. The molecule has 0 fully saturated rings. The summed E-state index contributed by atoms with van der Waals surface area (Å²) in [4.78, 5) is 12.2. The predicted molar refractivity (Wildman–Crippen MR) is 78.0 cm³/mol. The number of amides is 1. The fourth-order valence-corrected chi connectivity index (χ4v) is 2.42. The number of hydrogen-bond donors (Lipinski definition) is 1. The summed E-state index contributed by atoms with van der Waals surface area (Å²) in [6, 6.07) is 9.00. The first-order valence-electron chi connectivity index (χ1n) is 5.83. The Balaban J connectivity index is 2.19. The second-order valence-corrected chi connectivity index (χ2v) is 5.75. The number of alkyl halides is 1. The van der Waals surface area contributed by atoms with E-state index in [1.165, 1.54) is 11.3 Å². The number of rotatable bonds is 4. The monoisotopic (exact) mass is 306 g/mol. The summed E-state index contributed by atoms with van der Waals surface area (Å²) < 4.78 is 0. The number of halogens is 1. The summed E-state index contributed by atoms with van der Waals surface area (Å²) in [6.45, 7) is 1.81. The third-order valence-corrected chi connectivity index (χ3v) is 3.55. The highest BCUT2D eigenvalue weighted by molar-refractivity contribution is 7.15. The molecule has 1 unspecified atom stereocenters. The van der Waals surface area contributed by atoms with Gasteiger partial charge in [0.2, 0.25) is 5.13 Å². The summed E-state index contributed by atoms with van der Waals surface area (Å²) in [5, 5.41) is 19.7. The van der Waals surface area contributed by atoms with E-state index in [4.69, 9.17) is 16.9 Å². The summed E-state index contributed by atoms with van der Waals surface area (Å²) in [5.74, 6) is -0.279. The van der Waals surface area contributed by atoms with Gasteiger partial charge in [-0.15, -0.1) is 21.8 Å². The fraction of sp³-hybridized carbons (Fsp3) is 0.231. The molecule has 1 aromatic carbocycles. The molecule has 0 saturated heterocycles. The normalized spacial score (nSPS) is 11.7. The first-order chi connectivity index (χ1) is 9.60. The molecule has 0 spiro atoms. The molecule has 1 heterocycles. The lowest BCUT2D eigenvalue weighted by atomic mass is 10.0. The Bertz CT molecular complexity index is 664. The second-order valence-electron chi connectivity index (χ2n) is 4.04. The molecule has 1 aromatic heterocycles. The number of carbonyl (C=O) groups excluding carboxylic acids is 1. The molecule has 1 amide bonds. The van der Waals surface area contributed by atoms with E-state index in [1.54, 1.807) is 18.2 Å². The molecule has 0 aliphatic rings. The van der Waals surface area contributed by atoms with Gasteiger partial charge in [0, 0.05) is 12.0 Å². The summed E-state index contributed by atoms with van der Waals surface area (Å²) in [7, 11) is 0. The Hall–Kier alpha value is -1.97. The fourth-order valence-electron chi connectivity index (χ4n) is 1.67. The van der Waals surface area contributed by atoms with E-state index < -0.39 is 5.38 Å². The highest BCUT2D eigenvalue weighted by atomic mass is 35.5. The van der Waals surface area contributed by atoms with Crippen molar-refractivity contribution in [2.45, 2.75) is 18.7 Å². The third-order valence-electron chi connectivity index (χ3n) is 2.55. The number of nitrogens with zero attached hydrogens (tertiary/aromatic N) is 3. The zero-order valence-electron chi connectivity index (χ0n) is 10.6. The molecule has 102 valence electrons. The molecule has 2 rings (SSSR count). The van der Waals surface area contributed by atoms with Crippen LogP contribution in [0.25, 0.3) is 0 Å². The van der Waals surface area contributed by atoms with Crippen molar-refractivity contribution in [1.29, 1.82) is 5.26 Å². The van der Waals surface area contributed by atoms with Crippen molar-refractivity contribution in [2.24, 2.45) is 0 Å². The molecule has 0 radical (unpaired) electrons. The molecular weight excluding hydrogens is 296 g/mol. The molecule has 1 atom stereocenters. The van der Waals surface area contributed by atoms with Crippen LogP contribution in [-0.4, -0.2) is 21.5 Å². The number of carbonyl (C=O) groups is 1. The Morgan fingerprint density at radius 3 is 2.90 bits per heavy atom. The van der Waals surface area contributed by atoms with Gasteiger partial charge in [-0.05, 0) is 18.6 Å². The lowest BCUT2D eigenvalue weighted by Crippen LogP contribution is -2.15. The molecular formula is C13H11ClN4OS. The predicted octanol–water partition coefficient (Wildman–Crippen LogP) is 2.77. The average Bonchev–Trinajstić information content (AvgIpc) is 2.84. The number of anilines is 1. The minimum Gasteiger partial charge on any atom is -0.296 e. The van der Waals surface area contributed by atoms with E-state index in [0.29, 0.717) is 17.1 Å². The lowest BCUT2D eigenvalue weighted by molar-refractivity contribution is 0.102. The van der Waals surface area contributed by atoms with Gasteiger partial charge in [0.25, 0.3) is 5.91 Å². The van der Waals surface area contributed by atoms with Gasteiger partial charge in [0.05, 0.1) is 6.07 Å². The standard InChI is InChI=1S/C13H11ClN4OS/c1-8-17-18-13(20-8)16-12(19)11-5-3-2-4-9(11)6-10(14)7-15/h2-5,10H,6H2,1H3,(H,16,18,19). The Morgan fingerprint density at radius 1 is 1.50 bits per heavy atom. The highest BCUT2D eigenvalue weighted by Crippen LogP contribution is 2.18. The van der Waals surface area contributed by atoms with Crippen LogP contribution in [0.5, 0.6) is 0 Å². The van der Waals surface area contributed by atoms with Crippen LogP contribution < -0.4 is 5.32 Å². The van der Waals surface area contributed by atoms with Gasteiger partial charge >= 0.3 is 0 Å². The quantitative estimate of drug-likeness (QED) is 0.881. The highest BCUT2D eigenvalue weighted by Gasteiger charge is 2.15. The van der Waals surface area contributed by atoms with E-state index in [9.17, 15) is 4.79 Å². The van der Waals surface area contributed by atoms with Crippen LogP contribution >= 0.6 is 22.9 Å². The van der Waals surface area contributed by atoms with Gasteiger partial charge in [-0.3, -0.25) is 10.1 Å². The van der Waals surface area contributed by atoms with Crippen LogP contribution in [-0.2, 0) is 6.42 Å². The van der Waals surface area contributed by atoms with Crippen molar-refractivity contribution in [3.05, 3.63) is 40.4 Å². The van der Waals surface area contributed by atoms with Gasteiger partial charge < -0.3 is 0 Å². The Morgan fingerprint density at radius 2 is 2.25 bits per heavy atom. The van der Waals surface area contributed by atoms with Gasteiger partial charge in [-0.1, -0.05) is 29.5 Å². The summed E-state index contributed by atoms with van der Waals surface area (Å²) >= 11 is 7.13. The molecule has 1 N–H and O–H groups in total. The van der Waals surface area contributed by atoms with Crippen LogP contribution in [0.2, 0.25) is 0 Å². The van der Waals surface area contributed by atoms with Crippen molar-refractivity contribution < 1.29 is 4.79 Å². The largest absolute Gasteiger partial charge is 0.296 e. The van der Waals surface area contributed by atoms with Gasteiger partial charge in [-0.25, -0.2) is 0 Å². The maximum absolute atomic E-state index is 12.2.